The maximum atomic E-state index is 13.1. The van der Waals surface area contributed by atoms with E-state index in [9.17, 15) is 14.7 Å². The van der Waals surface area contributed by atoms with Gasteiger partial charge in [-0.3, -0.25) is 9.89 Å². The molecule has 0 saturated carbocycles. The lowest BCUT2D eigenvalue weighted by molar-refractivity contribution is 0.0507. The largest absolute Gasteiger partial charge is 0.465 e. The van der Waals surface area contributed by atoms with Crippen LogP contribution in [0.1, 0.15) is 23.0 Å². The van der Waals surface area contributed by atoms with Crippen molar-refractivity contribution in [1.82, 2.24) is 30.0 Å². The minimum Gasteiger partial charge on any atom is -0.465 e. The number of aryl methyl sites for hydroxylation is 1. The van der Waals surface area contributed by atoms with Gasteiger partial charge in [0.05, 0.1) is 16.2 Å². The number of aromatic amines is 1. The molecule has 10 heteroatoms. The second-order valence-corrected chi connectivity index (χ2v) is 8.65. The van der Waals surface area contributed by atoms with Gasteiger partial charge in [0.15, 0.2) is 5.65 Å². The zero-order valence-corrected chi connectivity index (χ0v) is 18.8. The highest BCUT2D eigenvalue weighted by Crippen LogP contribution is 2.30. The predicted octanol–water partition coefficient (Wildman–Crippen LogP) is 3.96. The Hall–Kier alpha value is -3.72. The van der Waals surface area contributed by atoms with Crippen LogP contribution in [0, 0.1) is 6.92 Å². The first-order chi connectivity index (χ1) is 15.8. The number of aromatic nitrogens is 4. The molecule has 33 heavy (non-hydrogen) atoms. The Morgan fingerprint density at radius 2 is 2.00 bits per heavy atom. The first kappa shape index (κ1) is 21.1. The summed E-state index contributed by atoms with van der Waals surface area (Å²) in [5.41, 5.74) is 4.08. The van der Waals surface area contributed by atoms with Gasteiger partial charge < -0.3 is 14.9 Å². The van der Waals surface area contributed by atoms with Crippen molar-refractivity contribution in [1.29, 1.82) is 0 Å². The zero-order chi connectivity index (χ0) is 23.3. The van der Waals surface area contributed by atoms with Crippen LogP contribution < -0.4 is 0 Å². The van der Waals surface area contributed by atoms with E-state index in [1.54, 1.807) is 42.3 Å². The highest BCUT2D eigenvalue weighted by Gasteiger charge is 2.30. The highest BCUT2D eigenvalue weighted by atomic mass is 35.5. The summed E-state index contributed by atoms with van der Waals surface area (Å²) in [5.74, 6) is -0.158. The smallest absolute Gasteiger partial charge is 0.407 e. The number of amides is 2. The van der Waals surface area contributed by atoms with E-state index in [4.69, 9.17) is 16.6 Å². The Morgan fingerprint density at radius 1 is 1.18 bits per heavy atom. The van der Waals surface area contributed by atoms with E-state index in [0.717, 1.165) is 22.0 Å². The van der Waals surface area contributed by atoms with Crippen LogP contribution >= 0.6 is 11.6 Å². The molecule has 0 unspecified atom stereocenters. The lowest BCUT2D eigenvalue weighted by Crippen LogP contribution is -2.55. The average molecular weight is 465 g/mol. The van der Waals surface area contributed by atoms with Crippen LogP contribution in [0.2, 0.25) is 5.02 Å². The van der Waals surface area contributed by atoms with Crippen LogP contribution in [0.5, 0.6) is 0 Å². The fourth-order valence-electron chi connectivity index (χ4n) is 4.24. The summed E-state index contributed by atoms with van der Waals surface area (Å²) >= 11 is 6.55. The molecule has 0 bridgehead atoms. The number of rotatable bonds is 2. The highest BCUT2D eigenvalue weighted by molar-refractivity contribution is 6.35. The number of pyridine rings is 2. The molecule has 5 rings (SSSR count). The van der Waals surface area contributed by atoms with Crippen LogP contribution in [-0.2, 0) is 0 Å². The summed E-state index contributed by atoms with van der Waals surface area (Å²) < 4.78 is 0. The Kier molecular flexibility index (Phi) is 5.13. The second kappa shape index (κ2) is 8.00. The van der Waals surface area contributed by atoms with Crippen molar-refractivity contribution < 1.29 is 14.7 Å². The molecule has 1 aromatic carbocycles. The normalized spacial score (nSPS) is 16.5. The third kappa shape index (κ3) is 3.74. The minimum absolute atomic E-state index is 0.158. The number of carboxylic acid groups (broad SMARTS) is 1. The van der Waals surface area contributed by atoms with E-state index in [2.05, 4.69) is 15.2 Å². The van der Waals surface area contributed by atoms with Gasteiger partial charge in [0.2, 0.25) is 0 Å². The fraction of sp³-hybridized carbons (Fsp3) is 0.261. The minimum atomic E-state index is -0.968. The summed E-state index contributed by atoms with van der Waals surface area (Å²) in [6.07, 6.45) is 0.732. The van der Waals surface area contributed by atoms with Crippen molar-refractivity contribution in [3.63, 3.8) is 0 Å². The maximum Gasteiger partial charge on any atom is 0.407 e. The van der Waals surface area contributed by atoms with E-state index in [1.807, 2.05) is 13.0 Å². The molecule has 2 N–H and O–H groups in total. The maximum absolute atomic E-state index is 13.1. The number of H-pyrrole nitrogens is 1. The summed E-state index contributed by atoms with van der Waals surface area (Å²) in [5, 5.41) is 18.5. The standard InChI is InChI=1S/C23H21ClN6O3/c1-12-11-29(5-6-30(12)23(32)33)22(31)14-3-4-16-18(24)9-19(26-20(16)8-14)15-7-17-13(2)27-28-21(17)25-10-15/h3-4,7-10,12H,5-6,11H2,1-2H3,(H,32,33)(H,25,27,28)/t12-/m1/s1. The van der Waals surface area contributed by atoms with Gasteiger partial charge in [0.25, 0.3) is 5.91 Å². The molecule has 168 valence electrons. The molecular weight excluding hydrogens is 444 g/mol. The van der Waals surface area contributed by atoms with Gasteiger partial charge in [0, 0.05) is 59.5 Å². The number of hydrogen-bond acceptors (Lipinski definition) is 5. The molecule has 0 aliphatic carbocycles. The number of fused-ring (bicyclic) bond motifs is 2. The molecule has 1 aliphatic heterocycles. The quantitative estimate of drug-likeness (QED) is 0.464. The SMILES string of the molecule is Cc1[nH]nc2ncc(-c3cc(Cl)c4ccc(C(=O)N5CCN(C(=O)O)[C@H](C)C5)cc4n3)cc12. The molecule has 1 aliphatic rings. The van der Waals surface area contributed by atoms with Gasteiger partial charge in [-0.1, -0.05) is 17.7 Å². The Morgan fingerprint density at radius 3 is 2.76 bits per heavy atom. The van der Waals surface area contributed by atoms with Crippen molar-refractivity contribution in [2.24, 2.45) is 0 Å². The van der Waals surface area contributed by atoms with Gasteiger partial charge >= 0.3 is 6.09 Å². The lowest BCUT2D eigenvalue weighted by Gasteiger charge is -2.38. The zero-order valence-electron chi connectivity index (χ0n) is 18.0. The molecule has 9 nitrogen and oxygen atoms in total. The Balaban J connectivity index is 1.49. The number of nitrogens with one attached hydrogen (secondary N) is 1. The van der Waals surface area contributed by atoms with Gasteiger partial charge in [-0.2, -0.15) is 5.10 Å². The van der Waals surface area contributed by atoms with Crippen LogP contribution in [0.3, 0.4) is 0 Å². The monoisotopic (exact) mass is 464 g/mol. The Bertz CT molecular complexity index is 1420. The van der Waals surface area contributed by atoms with Crippen LogP contribution in [-0.4, -0.2) is 72.7 Å². The lowest BCUT2D eigenvalue weighted by atomic mass is 10.1. The van der Waals surface area contributed by atoms with Crippen LogP contribution in [0.4, 0.5) is 4.79 Å². The van der Waals surface area contributed by atoms with E-state index in [0.29, 0.717) is 40.5 Å². The van der Waals surface area contributed by atoms with Gasteiger partial charge in [-0.25, -0.2) is 14.8 Å². The van der Waals surface area contributed by atoms with Gasteiger partial charge in [0.1, 0.15) is 0 Å². The summed E-state index contributed by atoms with van der Waals surface area (Å²) in [6, 6.07) is 8.74. The van der Waals surface area contributed by atoms with E-state index < -0.39 is 6.09 Å². The van der Waals surface area contributed by atoms with E-state index in [1.165, 1.54) is 4.90 Å². The second-order valence-electron chi connectivity index (χ2n) is 8.24. The summed E-state index contributed by atoms with van der Waals surface area (Å²) in [7, 11) is 0. The van der Waals surface area contributed by atoms with Crippen molar-refractivity contribution in [3.05, 3.63) is 52.8 Å². The molecule has 0 radical (unpaired) electrons. The molecule has 1 saturated heterocycles. The summed E-state index contributed by atoms with van der Waals surface area (Å²) in [6.45, 7) is 4.70. The number of nitrogens with zero attached hydrogens (tertiary/aromatic N) is 5. The fourth-order valence-corrected chi connectivity index (χ4v) is 4.50. The number of carbonyl (C=O) groups is 2. The number of halogens is 1. The molecular formula is C23H21ClN6O3. The first-order valence-corrected chi connectivity index (χ1v) is 10.9. The molecule has 4 aromatic rings. The molecule has 1 atom stereocenters. The van der Waals surface area contributed by atoms with Gasteiger partial charge in [-0.15, -0.1) is 0 Å². The predicted molar refractivity (Wildman–Crippen MR) is 124 cm³/mol. The topological polar surface area (TPSA) is 115 Å². The van der Waals surface area contributed by atoms with Crippen molar-refractivity contribution >= 4 is 45.5 Å². The van der Waals surface area contributed by atoms with Crippen molar-refractivity contribution in [2.45, 2.75) is 19.9 Å². The molecule has 3 aromatic heterocycles. The van der Waals surface area contributed by atoms with Crippen LogP contribution in [0.15, 0.2) is 36.5 Å². The molecule has 4 heterocycles. The van der Waals surface area contributed by atoms with Gasteiger partial charge in [-0.05, 0) is 38.1 Å². The Labute approximate surface area is 194 Å². The number of piperazine rings is 1. The first-order valence-electron chi connectivity index (χ1n) is 10.5. The van der Waals surface area contributed by atoms with E-state index >= 15 is 0 Å². The molecule has 2 amide bonds. The number of hydrogen-bond donors (Lipinski definition) is 2. The average Bonchev–Trinajstić information content (AvgIpc) is 3.18. The third-order valence-corrected chi connectivity index (χ3v) is 6.38. The number of benzene rings is 1. The third-order valence-electron chi connectivity index (χ3n) is 6.06. The van der Waals surface area contributed by atoms with E-state index in [-0.39, 0.29) is 18.5 Å². The van der Waals surface area contributed by atoms with Crippen molar-refractivity contribution in [2.75, 3.05) is 19.6 Å². The van der Waals surface area contributed by atoms with Crippen LogP contribution in [0.25, 0.3) is 33.2 Å². The molecule has 0 spiro atoms. The molecule has 1 fully saturated rings. The van der Waals surface area contributed by atoms with Crippen molar-refractivity contribution in [3.8, 4) is 11.3 Å². The summed E-state index contributed by atoms with van der Waals surface area (Å²) in [4.78, 5) is 36.6. The number of carbonyl (C=O) groups excluding carboxylic acids is 1.